The molecule has 1 amide bonds. The molecule has 1 aromatic carbocycles. The molecule has 2 aliphatic rings. The van der Waals surface area contributed by atoms with E-state index in [2.05, 4.69) is 42.2 Å². The van der Waals surface area contributed by atoms with Gasteiger partial charge in [0.2, 0.25) is 21.9 Å². The van der Waals surface area contributed by atoms with Gasteiger partial charge in [-0.25, -0.2) is 35.4 Å². The number of anilines is 1. The zero-order valence-electron chi connectivity index (χ0n) is 28.9. The van der Waals surface area contributed by atoms with E-state index in [9.17, 15) is 35.9 Å². The van der Waals surface area contributed by atoms with E-state index in [4.69, 9.17) is 11.6 Å². The fourth-order valence-corrected chi connectivity index (χ4v) is 7.48. The number of nitrogens with one attached hydrogen (secondary N) is 2. The van der Waals surface area contributed by atoms with Crippen LogP contribution < -0.4 is 10.0 Å². The van der Waals surface area contributed by atoms with Crippen LogP contribution in [0.2, 0.25) is 5.15 Å². The molecule has 55 heavy (non-hydrogen) atoms. The summed E-state index contributed by atoms with van der Waals surface area (Å²) in [4.78, 5) is 18.5. The summed E-state index contributed by atoms with van der Waals surface area (Å²) < 4.78 is 116. The van der Waals surface area contributed by atoms with E-state index in [1.54, 1.807) is 0 Å². The van der Waals surface area contributed by atoms with Crippen molar-refractivity contribution in [1.82, 2.24) is 34.7 Å². The second kappa shape index (κ2) is 13.5. The van der Waals surface area contributed by atoms with Crippen molar-refractivity contribution in [3.05, 3.63) is 93.2 Å². The highest BCUT2D eigenvalue weighted by Gasteiger charge is 2.67. The molecule has 1 saturated carbocycles. The molecule has 5 aromatic rings. The standard InChI is InChI=1S/C35H29ClF6N8O4S/c1-34(2,52)9-8-19-4-5-20(21-6-7-25(36)50-32(21)45-46-33(50)48-55(3,53)54)28(43-19)24(12-16-10-17(37)13-18(38)11-16)44-26(51)15-49-30-27(29(47-49)31(39)40)22-14-23(22)35(30,41)42/h4-7,10-11,13,22-24,31,52H,12,14-15H2,1-3H3,(H,44,51)(H,46,48)/t22-,23+,24-/m0/s1. The maximum Gasteiger partial charge on any atom is 0.293 e. The maximum absolute atomic E-state index is 15.3. The fraction of sp³-hybridized carbons (Fsp3) is 0.343. The topological polar surface area (TPSA) is 156 Å². The second-order valence-corrected chi connectivity index (χ2v) is 16.0. The molecule has 3 atom stereocenters. The molecule has 288 valence electrons. The third-order valence-corrected chi connectivity index (χ3v) is 9.83. The monoisotopic (exact) mass is 806 g/mol. The van der Waals surface area contributed by atoms with Gasteiger partial charge in [0.25, 0.3) is 12.3 Å². The first-order chi connectivity index (χ1) is 25.7. The summed E-state index contributed by atoms with van der Waals surface area (Å²) in [6, 6.07) is 7.15. The smallest absolute Gasteiger partial charge is 0.293 e. The van der Waals surface area contributed by atoms with E-state index in [0.29, 0.717) is 10.7 Å². The predicted molar refractivity (Wildman–Crippen MR) is 186 cm³/mol. The first-order valence-electron chi connectivity index (χ1n) is 16.5. The minimum atomic E-state index is -3.86. The van der Waals surface area contributed by atoms with Gasteiger partial charge in [0.05, 0.1) is 18.0 Å². The number of rotatable bonds is 10. The normalized spacial score (nSPS) is 17.7. The Hall–Kier alpha value is -5.19. The number of aliphatic hydroxyl groups is 1. The quantitative estimate of drug-likeness (QED) is 0.0928. The Morgan fingerprint density at radius 1 is 1.09 bits per heavy atom. The number of fused-ring (bicyclic) bond motifs is 4. The molecule has 12 nitrogen and oxygen atoms in total. The van der Waals surface area contributed by atoms with Crippen LogP contribution in [0.3, 0.4) is 0 Å². The van der Waals surface area contributed by atoms with Gasteiger partial charge in [-0.3, -0.25) is 14.2 Å². The predicted octanol–water partition coefficient (Wildman–Crippen LogP) is 5.66. The molecule has 4 aromatic heterocycles. The summed E-state index contributed by atoms with van der Waals surface area (Å²) >= 11 is 6.43. The summed E-state index contributed by atoms with van der Waals surface area (Å²) in [6.07, 6.45) is -2.63. The Labute approximate surface area is 314 Å². The number of halogens is 7. The zero-order chi connectivity index (χ0) is 39.8. The summed E-state index contributed by atoms with van der Waals surface area (Å²) in [5, 5.41) is 24.6. The van der Waals surface area contributed by atoms with Gasteiger partial charge in [-0.15, -0.1) is 10.2 Å². The molecule has 2 aliphatic carbocycles. The average Bonchev–Trinajstić information content (AvgIpc) is 3.54. The van der Waals surface area contributed by atoms with E-state index in [1.165, 1.54) is 42.5 Å². The fourth-order valence-electron chi connectivity index (χ4n) is 6.79. The van der Waals surface area contributed by atoms with Crippen molar-refractivity contribution in [2.24, 2.45) is 5.92 Å². The SMILES string of the molecule is CC(C)(O)C#Cc1ccc(-c2ccc(Cl)n3c(NS(C)(=O)=O)nnc23)c([C@H](Cc2cc(F)cc(F)c2)NC(=O)Cn2nc(C(F)F)c3c2C(F)(F)[C@@H]2C[C@H]32)n1. The highest BCUT2D eigenvalue weighted by Crippen LogP contribution is 2.68. The van der Waals surface area contributed by atoms with E-state index in [-0.39, 0.29) is 63.2 Å². The lowest BCUT2D eigenvalue weighted by molar-refractivity contribution is -0.123. The molecular weight excluding hydrogens is 778 g/mol. The third kappa shape index (κ3) is 7.58. The average molecular weight is 807 g/mol. The van der Waals surface area contributed by atoms with Crippen LogP contribution in [0.1, 0.15) is 72.6 Å². The summed E-state index contributed by atoms with van der Waals surface area (Å²) in [6.45, 7) is 1.92. The van der Waals surface area contributed by atoms with Crippen molar-refractivity contribution in [1.29, 1.82) is 0 Å². The van der Waals surface area contributed by atoms with Gasteiger partial charge in [-0.1, -0.05) is 17.5 Å². The van der Waals surface area contributed by atoms with Gasteiger partial charge in [-0.2, -0.15) is 13.9 Å². The highest BCUT2D eigenvalue weighted by atomic mass is 35.5. The third-order valence-electron chi connectivity index (χ3n) is 8.98. The van der Waals surface area contributed by atoms with Crippen molar-refractivity contribution >= 4 is 39.1 Å². The van der Waals surface area contributed by atoms with Gasteiger partial charge in [-0.05, 0) is 80.5 Å². The number of nitrogens with zero attached hydrogens (tertiary/aromatic N) is 6. The number of carbonyl (C=O) groups excluding carboxylic acids is 1. The van der Waals surface area contributed by atoms with Crippen LogP contribution in [-0.2, 0) is 33.7 Å². The van der Waals surface area contributed by atoms with Gasteiger partial charge in [0, 0.05) is 28.7 Å². The van der Waals surface area contributed by atoms with Gasteiger partial charge >= 0.3 is 0 Å². The largest absolute Gasteiger partial charge is 0.378 e. The lowest BCUT2D eigenvalue weighted by Crippen LogP contribution is -2.35. The minimum Gasteiger partial charge on any atom is -0.378 e. The maximum atomic E-state index is 15.3. The van der Waals surface area contributed by atoms with Crippen LogP contribution in [0, 0.1) is 29.4 Å². The van der Waals surface area contributed by atoms with Crippen LogP contribution >= 0.6 is 11.6 Å². The Morgan fingerprint density at radius 3 is 2.44 bits per heavy atom. The van der Waals surface area contributed by atoms with Crippen molar-refractivity contribution in [2.45, 2.75) is 63.1 Å². The molecule has 0 bridgehead atoms. The van der Waals surface area contributed by atoms with E-state index >= 15 is 8.78 Å². The molecule has 0 radical (unpaired) electrons. The number of benzene rings is 1. The molecule has 20 heteroatoms. The Morgan fingerprint density at radius 2 is 1.78 bits per heavy atom. The minimum absolute atomic E-state index is 0.00586. The zero-order valence-corrected chi connectivity index (χ0v) is 30.5. The highest BCUT2D eigenvalue weighted by molar-refractivity contribution is 7.92. The number of sulfonamides is 1. The van der Waals surface area contributed by atoms with Gasteiger partial charge in [0.15, 0.2) is 5.65 Å². The van der Waals surface area contributed by atoms with E-state index in [1.807, 2.05) is 0 Å². The lowest BCUT2D eigenvalue weighted by atomic mass is 9.95. The van der Waals surface area contributed by atoms with Crippen LogP contribution in [0.25, 0.3) is 16.8 Å². The van der Waals surface area contributed by atoms with Gasteiger partial charge in [0.1, 0.15) is 46.0 Å². The summed E-state index contributed by atoms with van der Waals surface area (Å²) in [7, 11) is -3.86. The number of carbonyl (C=O) groups is 1. The van der Waals surface area contributed by atoms with Crippen LogP contribution in [0.5, 0.6) is 0 Å². The first-order valence-corrected chi connectivity index (χ1v) is 18.8. The molecule has 0 unspecified atom stereocenters. The van der Waals surface area contributed by atoms with Crippen LogP contribution in [-0.4, -0.2) is 60.7 Å². The Kier molecular flexibility index (Phi) is 9.37. The molecule has 0 saturated heterocycles. The Balaban J connectivity index is 1.37. The second-order valence-electron chi connectivity index (χ2n) is 13.8. The number of hydrogen-bond donors (Lipinski definition) is 3. The van der Waals surface area contributed by atoms with Crippen molar-refractivity contribution in [3.8, 4) is 23.0 Å². The van der Waals surface area contributed by atoms with Gasteiger partial charge < -0.3 is 10.4 Å². The lowest BCUT2D eigenvalue weighted by Gasteiger charge is -2.23. The number of amides is 1. The molecule has 0 spiro atoms. The summed E-state index contributed by atoms with van der Waals surface area (Å²) in [5.41, 5.74) is -2.84. The number of aromatic nitrogens is 6. The summed E-state index contributed by atoms with van der Waals surface area (Å²) in [5.74, 6) is -3.30. The number of pyridine rings is 2. The molecule has 0 aliphatic heterocycles. The molecule has 1 fully saturated rings. The molecule has 7 rings (SSSR count). The van der Waals surface area contributed by atoms with E-state index in [0.717, 1.165) is 18.4 Å². The van der Waals surface area contributed by atoms with Crippen molar-refractivity contribution in [3.63, 3.8) is 0 Å². The molecule has 4 heterocycles. The Bertz CT molecular complexity index is 2540. The number of hydrogen-bond acceptors (Lipinski definition) is 8. The number of alkyl halides is 4. The molecule has 3 N–H and O–H groups in total. The van der Waals surface area contributed by atoms with E-state index < -0.39 is 81.3 Å². The molecular formula is C35H29ClF6N8O4S. The first kappa shape index (κ1) is 38.1. The van der Waals surface area contributed by atoms with Crippen molar-refractivity contribution < 1.29 is 44.7 Å². The van der Waals surface area contributed by atoms with Crippen LogP contribution in [0.15, 0.2) is 42.5 Å². The van der Waals surface area contributed by atoms with Crippen LogP contribution in [0.4, 0.5) is 32.3 Å². The van der Waals surface area contributed by atoms with Crippen molar-refractivity contribution in [2.75, 3.05) is 11.0 Å².